The number of thioether (sulfide) groups is 1. The zero-order valence-electron chi connectivity index (χ0n) is 12.2. The van der Waals surface area contributed by atoms with Crippen LogP contribution < -0.4 is 0 Å². The Hall–Kier alpha value is -2.28. The smallest absolute Gasteiger partial charge is 0.115 e. The van der Waals surface area contributed by atoms with Crippen LogP contribution >= 0.6 is 23.4 Å². The average molecular weight is 337 g/mol. The van der Waals surface area contributed by atoms with Crippen LogP contribution in [0.2, 0.25) is 5.02 Å². The van der Waals surface area contributed by atoms with Gasteiger partial charge in [0, 0.05) is 11.9 Å². The fraction of sp³-hybridized carbons (Fsp3) is 0.0526. The molecule has 2 nitrogen and oxygen atoms in total. The van der Waals surface area contributed by atoms with Crippen molar-refractivity contribution in [1.82, 2.24) is 4.98 Å². The van der Waals surface area contributed by atoms with E-state index in [-0.39, 0.29) is 0 Å². The van der Waals surface area contributed by atoms with Crippen molar-refractivity contribution in [3.8, 4) is 17.2 Å². The lowest BCUT2D eigenvalue weighted by molar-refractivity contribution is 1.13. The normalized spacial score (nSPS) is 10.3. The summed E-state index contributed by atoms with van der Waals surface area (Å²) in [6.45, 7) is 0. The quantitative estimate of drug-likeness (QED) is 0.585. The van der Waals surface area contributed by atoms with Crippen LogP contribution in [-0.4, -0.2) is 4.98 Å². The Bertz CT molecular complexity index is 854. The van der Waals surface area contributed by atoms with Gasteiger partial charge in [-0.25, -0.2) is 4.98 Å². The first-order chi connectivity index (χ1) is 11.3. The molecule has 1 aromatic heterocycles. The molecule has 0 atom stereocenters. The van der Waals surface area contributed by atoms with Crippen molar-refractivity contribution in [3.63, 3.8) is 0 Å². The molecule has 0 bridgehead atoms. The summed E-state index contributed by atoms with van der Waals surface area (Å²) >= 11 is 7.73. The first-order valence-electron chi connectivity index (χ1n) is 7.09. The predicted octanol–water partition coefficient (Wildman–Crippen LogP) is 5.57. The first kappa shape index (κ1) is 15.6. The van der Waals surface area contributed by atoms with Gasteiger partial charge in [0.25, 0.3) is 0 Å². The largest absolute Gasteiger partial charge is 0.248 e. The molecule has 1 heterocycles. The predicted molar refractivity (Wildman–Crippen MR) is 95.4 cm³/mol. The second-order valence-electron chi connectivity index (χ2n) is 4.93. The van der Waals surface area contributed by atoms with Crippen LogP contribution in [0, 0.1) is 11.3 Å². The van der Waals surface area contributed by atoms with Gasteiger partial charge in [0.1, 0.15) is 5.03 Å². The van der Waals surface area contributed by atoms with Crippen molar-refractivity contribution in [3.05, 3.63) is 83.0 Å². The van der Waals surface area contributed by atoms with E-state index in [0.717, 1.165) is 21.9 Å². The molecule has 3 rings (SSSR count). The molecule has 0 saturated heterocycles. The molecular formula is C19H13ClN2S. The highest BCUT2D eigenvalue weighted by atomic mass is 35.5. The van der Waals surface area contributed by atoms with Gasteiger partial charge in [0.05, 0.1) is 16.7 Å². The fourth-order valence-corrected chi connectivity index (χ4v) is 3.36. The van der Waals surface area contributed by atoms with Gasteiger partial charge in [0.2, 0.25) is 0 Å². The molecule has 0 N–H and O–H groups in total. The third-order valence-corrected chi connectivity index (χ3v) is 4.91. The average Bonchev–Trinajstić information content (AvgIpc) is 2.61. The Morgan fingerprint density at radius 2 is 1.78 bits per heavy atom. The number of nitrogens with zero attached hydrogens (tertiary/aromatic N) is 2. The van der Waals surface area contributed by atoms with Gasteiger partial charge in [-0.1, -0.05) is 54.1 Å². The maximum Gasteiger partial charge on any atom is 0.115 e. The lowest BCUT2D eigenvalue weighted by Crippen LogP contribution is -1.86. The van der Waals surface area contributed by atoms with E-state index >= 15 is 0 Å². The SMILES string of the molecule is N#Cc1ccccc1-c1ccc(CSc2ncccc2Cl)cc1. The number of halogens is 1. The lowest BCUT2D eigenvalue weighted by atomic mass is 10.00. The number of hydrogen-bond donors (Lipinski definition) is 0. The summed E-state index contributed by atoms with van der Waals surface area (Å²) in [7, 11) is 0. The summed E-state index contributed by atoms with van der Waals surface area (Å²) < 4.78 is 0. The number of benzene rings is 2. The van der Waals surface area contributed by atoms with Crippen molar-refractivity contribution >= 4 is 23.4 Å². The maximum atomic E-state index is 9.20. The van der Waals surface area contributed by atoms with Crippen LogP contribution in [0.3, 0.4) is 0 Å². The van der Waals surface area contributed by atoms with E-state index in [1.54, 1.807) is 18.0 Å². The minimum absolute atomic E-state index is 0.678. The highest BCUT2D eigenvalue weighted by Crippen LogP contribution is 2.29. The van der Waals surface area contributed by atoms with Crippen molar-refractivity contribution in [2.75, 3.05) is 0 Å². The minimum atomic E-state index is 0.678. The Morgan fingerprint density at radius 1 is 1.00 bits per heavy atom. The maximum absolute atomic E-state index is 9.20. The van der Waals surface area contributed by atoms with E-state index in [1.807, 2.05) is 48.5 Å². The van der Waals surface area contributed by atoms with E-state index in [4.69, 9.17) is 11.6 Å². The minimum Gasteiger partial charge on any atom is -0.248 e. The summed E-state index contributed by atoms with van der Waals surface area (Å²) in [5, 5.41) is 10.7. The Labute approximate surface area is 144 Å². The highest BCUT2D eigenvalue weighted by molar-refractivity contribution is 7.98. The number of aromatic nitrogens is 1. The molecule has 4 heteroatoms. The molecule has 0 radical (unpaired) electrons. The van der Waals surface area contributed by atoms with Crippen LogP contribution in [0.15, 0.2) is 71.9 Å². The fourth-order valence-electron chi connectivity index (χ4n) is 2.24. The van der Waals surface area contributed by atoms with Crippen LogP contribution in [-0.2, 0) is 5.75 Å². The summed E-state index contributed by atoms with van der Waals surface area (Å²) in [6, 6.07) is 21.8. The number of hydrogen-bond acceptors (Lipinski definition) is 3. The Balaban J connectivity index is 1.75. The summed E-state index contributed by atoms with van der Waals surface area (Å²) in [5.41, 5.74) is 3.89. The Morgan fingerprint density at radius 3 is 2.52 bits per heavy atom. The molecule has 112 valence electrons. The summed E-state index contributed by atoms with van der Waals surface area (Å²) in [4.78, 5) is 4.28. The second-order valence-corrected chi connectivity index (χ2v) is 6.30. The zero-order chi connectivity index (χ0) is 16.1. The van der Waals surface area contributed by atoms with Crippen LogP contribution in [0.5, 0.6) is 0 Å². The molecule has 0 aliphatic rings. The molecule has 0 spiro atoms. The van der Waals surface area contributed by atoms with Gasteiger partial charge in [-0.3, -0.25) is 0 Å². The number of nitriles is 1. The zero-order valence-corrected chi connectivity index (χ0v) is 13.8. The second kappa shape index (κ2) is 7.32. The molecule has 0 aliphatic carbocycles. The molecule has 3 aromatic rings. The first-order valence-corrected chi connectivity index (χ1v) is 8.46. The molecule has 0 aliphatic heterocycles. The molecular weight excluding hydrogens is 324 g/mol. The van der Waals surface area contributed by atoms with Gasteiger partial charge < -0.3 is 0 Å². The number of rotatable bonds is 4. The van der Waals surface area contributed by atoms with Crippen molar-refractivity contribution in [2.45, 2.75) is 10.8 Å². The van der Waals surface area contributed by atoms with Crippen LogP contribution in [0.25, 0.3) is 11.1 Å². The third-order valence-electron chi connectivity index (χ3n) is 3.41. The van der Waals surface area contributed by atoms with E-state index in [1.165, 1.54) is 5.56 Å². The van der Waals surface area contributed by atoms with E-state index in [9.17, 15) is 5.26 Å². The van der Waals surface area contributed by atoms with E-state index in [2.05, 4.69) is 23.2 Å². The Kier molecular flexibility index (Phi) is 4.97. The monoisotopic (exact) mass is 336 g/mol. The van der Waals surface area contributed by atoms with Gasteiger partial charge >= 0.3 is 0 Å². The third kappa shape index (κ3) is 3.73. The molecule has 23 heavy (non-hydrogen) atoms. The van der Waals surface area contributed by atoms with Crippen molar-refractivity contribution in [2.24, 2.45) is 0 Å². The molecule has 0 unspecified atom stereocenters. The standard InChI is InChI=1S/C19H13ClN2S/c20-18-6-3-11-22-19(18)23-13-14-7-9-15(10-8-14)17-5-2-1-4-16(17)12-21/h1-11H,13H2. The summed E-state index contributed by atoms with van der Waals surface area (Å²) in [6.07, 6.45) is 1.75. The van der Waals surface area contributed by atoms with Crippen molar-refractivity contribution in [1.29, 1.82) is 5.26 Å². The van der Waals surface area contributed by atoms with Gasteiger partial charge in [-0.2, -0.15) is 5.26 Å². The summed E-state index contributed by atoms with van der Waals surface area (Å²) in [5.74, 6) is 0.802. The van der Waals surface area contributed by atoms with E-state index < -0.39 is 0 Å². The topological polar surface area (TPSA) is 36.7 Å². The van der Waals surface area contributed by atoms with Gasteiger partial charge in [-0.05, 0) is 34.9 Å². The van der Waals surface area contributed by atoms with Crippen LogP contribution in [0.1, 0.15) is 11.1 Å². The van der Waals surface area contributed by atoms with Gasteiger partial charge in [-0.15, -0.1) is 11.8 Å². The highest BCUT2D eigenvalue weighted by Gasteiger charge is 2.05. The van der Waals surface area contributed by atoms with Crippen molar-refractivity contribution < 1.29 is 0 Å². The van der Waals surface area contributed by atoms with E-state index in [0.29, 0.717) is 10.6 Å². The number of pyridine rings is 1. The lowest BCUT2D eigenvalue weighted by Gasteiger charge is -2.06. The molecule has 2 aromatic carbocycles. The molecule has 0 fully saturated rings. The molecule has 0 amide bonds. The van der Waals surface area contributed by atoms with Gasteiger partial charge in [0.15, 0.2) is 0 Å². The van der Waals surface area contributed by atoms with Crippen LogP contribution in [0.4, 0.5) is 0 Å². The molecule has 0 saturated carbocycles.